The summed E-state index contributed by atoms with van der Waals surface area (Å²) < 4.78 is 0. The lowest BCUT2D eigenvalue weighted by atomic mass is 10.0. The smallest absolute Gasteiger partial charge is 0.0455 e. The maximum atomic E-state index is 3.58. The van der Waals surface area contributed by atoms with Crippen LogP contribution in [0.2, 0.25) is 0 Å². The zero-order valence-electron chi connectivity index (χ0n) is 8.79. The number of thioether (sulfide) groups is 1. The van der Waals surface area contributed by atoms with E-state index in [1.165, 1.54) is 16.9 Å². The van der Waals surface area contributed by atoms with Crippen LogP contribution in [-0.4, -0.2) is 11.8 Å². The topological polar surface area (TPSA) is 12.0 Å². The number of fused-ring (bicyclic) bond motifs is 1. The molecule has 0 radical (unpaired) electrons. The van der Waals surface area contributed by atoms with Gasteiger partial charge in [-0.2, -0.15) is 0 Å². The van der Waals surface area contributed by atoms with Gasteiger partial charge in [-0.05, 0) is 24.6 Å². The fraction of sp³-hybridized carbons (Fsp3) is 0.500. The van der Waals surface area contributed by atoms with Gasteiger partial charge in [-0.3, -0.25) is 0 Å². The van der Waals surface area contributed by atoms with E-state index < -0.39 is 0 Å². The minimum atomic E-state index is 0.561. The van der Waals surface area contributed by atoms with E-state index in [0.717, 1.165) is 6.54 Å². The molecule has 1 N–H and O–H groups in total. The third kappa shape index (κ3) is 1.69. The molecule has 0 bridgehead atoms. The van der Waals surface area contributed by atoms with Crippen LogP contribution in [0, 0.1) is 0 Å². The minimum Gasteiger partial charge on any atom is -0.309 e. The van der Waals surface area contributed by atoms with Crippen LogP contribution in [0.3, 0.4) is 0 Å². The molecule has 0 aliphatic carbocycles. The van der Waals surface area contributed by atoms with E-state index in [4.69, 9.17) is 0 Å². The summed E-state index contributed by atoms with van der Waals surface area (Å²) in [6.45, 7) is 5.50. The number of nitrogens with one attached hydrogen (secondary N) is 1. The average molecular weight is 207 g/mol. The number of benzene rings is 1. The Hall–Kier alpha value is -0.470. The lowest BCUT2D eigenvalue weighted by Gasteiger charge is -2.18. The molecule has 2 heteroatoms. The molecule has 1 aliphatic rings. The molecule has 0 spiro atoms. The van der Waals surface area contributed by atoms with Crippen molar-refractivity contribution in [3.05, 3.63) is 29.8 Å². The monoisotopic (exact) mass is 207 g/mol. The highest BCUT2D eigenvalue weighted by atomic mass is 32.2. The molecule has 1 aliphatic heterocycles. The highest BCUT2D eigenvalue weighted by Crippen LogP contribution is 2.45. The molecular formula is C12H17NS. The second kappa shape index (κ2) is 4.37. The Morgan fingerprint density at radius 2 is 2.07 bits per heavy atom. The molecule has 1 aromatic rings. The first-order valence-electron chi connectivity index (χ1n) is 5.35. The van der Waals surface area contributed by atoms with Crippen LogP contribution in [0.4, 0.5) is 0 Å². The summed E-state index contributed by atoms with van der Waals surface area (Å²) in [5, 5.41) is 4.30. The van der Waals surface area contributed by atoms with Gasteiger partial charge in [0.2, 0.25) is 0 Å². The molecule has 1 aromatic carbocycles. The quantitative estimate of drug-likeness (QED) is 0.816. The maximum Gasteiger partial charge on any atom is 0.0455 e. The van der Waals surface area contributed by atoms with Crippen molar-refractivity contribution in [3.8, 4) is 0 Å². The van der Waals surface area contributed by atoms with Crippen LogP contribution in [0.5, 0.6) is 0 Å². The summed E-state index contributed by atoms with van der Waals surface area (Å²) in [7, 11) is 0. The number of hydrogen-bond acceptors (Lipinski definition) is 2. The van der Waals surface area contributed by atoms with E-state index in [9.17, 15) is 0 Å². The molecule has 0 amide bonds. The summed E-state index contributed by atoms with van der Waals surface area (Å²) in [6, 6.07) is 9.33. The van der Waals surface area contributed by atoms with Crippen molar-refractivity contribution in [2.75, 3.05) is 6.54 Å². The molecule has 14 heavy (non-hydrogen) atoms. The first-order valence-corrected chi connectivity index (χ1v) is 6.23. The Bertz CT molecular complexity index is 311. The first kappa shape index (κ1) is 10.1. The zero-order valence-corrected chi connectivity index (χ0v) is 9.60. The van der Waals surface area contributed by atoms with Gasteiger partial charge in [0.25, 0.3) is 0 Å². The average Bonchev–Trinajstić information content (AvgIpc) is 2.58. The molecular weight excluding hydrogens is 190 g/mol. The van der Waals surface area contributed by atoms with Gasteiger partial charge in [-0.25, -0.2) is 0 Å². The fourth-order valence-corrected chi connectivity index (χ4v) is 3.42. The third-order valence-corrected chi connectivity index (χ3v) is 4.26. The molecule has 0 saturated carbocycles. The molecule has 2 unspecified atom stereocenters. The molecule has 1 nitrogen and oxygen atoms in total. The van der Waals surface area contributed by atoms with Gasteiger partial charge in [0.15, 0.2) is 0 Å². The predicted octanol–water partition coefficient (Wildman–Crippen LogP) is 3.22. The van der Waals surface area contributed by atoms with E-state index in [0.29, 0.717) is 11.3 Å². The SMILES string of the molecule is CCNC1c2ccccc2SC1CC. The summed E-state index contributed by atoms with van der Waals surface area (Å²) in [6.07, 6.45) is 1.23. The minimum absolute atomic E-state index is 0.561. The number of rotatable bonds is 3. The van der Waals surface area contributed by atoms with Crippen LogP contribution in [0.15, 0.2) is 29.2 Å². The van der Waals surface area contributed by atoms with Crippen molar-refractivity contribution in [1.29, 1.82) is 0 Å². The third-order valence-electron chi connectivity index (χ3n) is 2.73. The molecule has 2 atom stereocenters. The van der Waals surface area contributed by atoms with Crippen LogP contribution in [0.25, 0.3) is 0 Å². The van der Waals surface area contributed by atoms with E-state index >= 15 is 0 Å². The molecule has 0 aromatic heterocycles. The van der Waals surface area contributed by atoms with Crippen molar-refractivity contribution in [3.63, 3.8) is 0 Å². The Balaban J connectivity index is 2.27. The Kier molecular flexibility index (Phi) is 3.14. The van der Waals surface area contributed by atoms with Crippen molar-refractivity contribution in [1.82, 2.24) is 5.32 Å². The van der Waals surface area contributed by atoms with Crippen LogP contribution < -0.4 is 5.32 Å². The normalized spacial score (nSPS) is 25.0. The summed E-state index contributed by atoms with van der Waals surface area (Å²) in [5.74, 6) is 0. The Labute approximate surface area is 90.3 Å². The highest BCUT2D eigenvalue weighted by molar-refractivity contribution is 8.00. The van der Waals surface area contributed by atoms with Gasteiger partial charge >= 0.3 is 0 Å². The summed E-state index contributed by atoms with van der Waals surface area (Å²) in [4.78, 5) is 1.46. The van der Waals surface area contributed by atoms with Crippen LogP contribution >= 0.6 is 11.8 Å². The first-order chi connectivity index (χ1) is 6.86. The molecule has 0 saturated heterocycles. The van der Waals surface area contributed by atoms with Gasteiger partial charge in [0, 0.05) is 16.2 Å². The number of hydrogen-bond donors (Lipinski definition) is 1. The Morgan fingerprint density at radius 1 is 1.29 bits per heavy atom. The largest absolute Gasteiger partial charge is 0.309 e. The van der Waals surface area contributed by atoms with E-state index in [-0.39, 0.29) is 0 Å². The second-order valence-electron chi connectivity index (χ2n) is 3.64. The van der Waals surface area contributed by atoms with Crippen LogP contribution in [0.1, 0.15) is 31.9 Å². The maximum absolute atomic E-state index is 3.58. The molecule has 0 fully saturated rings. The van der Waals surface area contributed by atoms with Gasteiger partial charge in [-0.15, -0.1) is 11.8 Å². The zero-order chi connectivity index (χ0) is 9.97. The lowest BCUT2D eigenvalue weighted by molar-refractivity contribution is 0.527. The molecule has 1 heterocycles. The molecule has 2 rings (SSSR count). The Morgan fingerprint density at radius 3 is 2.79 bits per heavy atom. The van der Waals surface area contributed by atoms with Gasteiger partial charge in [-0.1, -0.05) is 32.0 Å². The summed E-state index contributed by atoms with van der Waals surface area (Å²) >= 11 is 2.02. The summed E-state index contributed by atoms with van der Waals surface area (Å²) in [5.41, 5.74) is 1.49. The van der Waals surface area contributed by atoms with Crippen LogP contribution in [-0.2, 0) is 0 Å². The second-order valence-corrected chi connectivity index (χ2v) is 4.92. The van der Waals surface area contributed by atoms with E-state index in [2.05, 4.69) is 43.4 Å². The van der Waals surface area contributed by atoms with E-state index in [1.807, 2.05) is 11.8 Å². The highest BCUT2D eigenvalue weighted by Gasteiger charge is 2.30. The predicted molar refractivity (Wildman–Crippen MR) is 62.8 cm³/mol. The van der Waals surface area contributed by atoms with E-state index in [1.54, 1.807) is 0 Å². The fourth-order valence-electron chi connectivity index (χ4n) is 2.06. The standard InChI is InChI=1S/C12H17NS/c1-3-10-12(13-4-2)9-7-5-6-8-11(9)14-10/h5-8,10,12-13H,3-4H2,1-2H3. The van der Waals surface area contributed by atoms with Crippen molar-refractivity contribution >= 4 is 11.8 Å². The lowest BCUT2D eigenvalue weighted by Crippen LogP contribution is -2.26. The van der Waals surface area contributed by atoms with Crippen molar-refractivity contribution < 1.29 is 0 Å². The van der Waals surface area contributed by atoms with Gasteiger partial charge in [0.05, 0.1) is 0 Å². The van der Waals surface area contributed by atoms with Crippen molar-refractivity contribution in [2.45, 2.75) is 36.5 Å². The molecule has 76 valence electrons. The van der Waals surface area contributed by atoms with Crippen molar-refractivity contribution in [2.24, 2.45) is 0 Å². The van der Waals surface area contributed by atoms with Gasteiger partial charge < -0.3 is 5.32 Å². The van der Waals surface area contributed by atoms with Gasteiger partial charge in [0.1, 0.15) is 0 Å².